The normalized spacial score (nSPS) is 10.6. The highest BCUT2D eigenvalue weighted by molar-refractivity contribution is 6.08. The minimum atomic E-state index is -0.525. The molecule has 0 bridgehead atoms. The Bertz CT molecular complexity index is 1250. The topological polar surface area (TPSA) is 110 Å². The molecule has 7 nitrogen and oxygen atoms in total. The van der Waals surface area contributed by atoms with E-state index in [0.29, 0.717) is 29.1 Å². The van der Waals surface area contributed by atoms with Crippen molar-refractivity contribution in [2.24, 2.45) is 5.73 Å². The van der Waals surface area contributed by atoms with Crippen molar-refractivity contribution in [3.8, 4) is 11.3 Å². The van der Waals surface area contributed by atoms with Crippen molar-refractivity contribution in [1.29, 1.82) is 0 Å². The molecule has 0 fully saturated rings. The summed E-state index contributed by atoms with van der Waals surface area (Å²) in [5.41, 5.74) is 9.87. The maximum absolute atomic E-state index is 12.7. The van der Waals surface area contributed by atoms with Crippen molar-refractivity contribution in [3.05, 3.63) is 84.2 Å². The number of primary amides is 1. The van der Waals surface area contributed by atoms with Gasteiger partial charge in [0, 0.05) is 35.6 Å². The lowest BCUT2D eigenvalue weighted by Crippen LogP contribution is -2.23. The summed E-state index contributed by atoms with van der Waals surface area (Å²) in [7, 11) is 0. The molecule has 7 heteroatoms. The van der Waals surface area contributed by atoms with Gasteiger partial charge in [0.05, 0.1) is 28.0 Å². The van der Waals surface area contributed by atoms with Gasteiger partial charge in [-0.25, -0.2) is 0 Å². The summed E-state index contributed by atoms with van der Waals surface area (Å²) in [5.74, 6) is -0.729. The fourth-order valence-corrected chi connectivity index (χ4v) is 3.29. The molecular formula is C24H21N5O2. The number of para-hydroxylation sites is 1. The number of nitrogens with zero attached hydrogens (tertiary/aromatic N) is 2. The number of amides is 2. The summed E-state index contributed by atoms with van der Waals surface area (Å²) < 4.78 is 0. The molecule has 154 valence electrons. The van der Waals surface area contributed by atoms with Gasteiger partial charge >= 0.3 is 0 Å². The van der Waals surface area contributed by atoms with E-state index < -0.39 is 5.91 Å². The number of pyridine rings is 2. The average Bonchev–Trinajstić information content (AvgIpc) is 2.80. The summed E-state index contributed by atoms with van der Waals surface area (Å²) >= 11 is 0. The quantitative estimate of drug-likeness (QED) is 0.446. The van der Waals surface area contributed by atoms with Crippen molar-refractivity contribution in [2.45, 2.75) is 6.92 Å². The zero-order chi connectivity index (χ0) is 21.8. The first-order chi connectivity index (χ1) is 15.1. The molecule has 4 aromatic rings. The zero-order valence-electron chi connectivity index (χ0n) is 16.9. The predicted octanol–water partition coefficient (Wildman–Crippen LogP) is 3.89. The van der Waals surface area contributed by atoms with Gasteiger partial charge in [0.15, 0.2) is 0 Å². The van der Waals surface area contributed by atoms with Gasteiger partial charge in [-0.15, -0.1) is 0 Å². The van der Waals surface area contributed by atoms with E-state index in [-0.39, 0.29) is 5.91 Å². The van der Waals surface area contributed by atoms with Gasteiger partial charge in [-0.2, -0.15) is 0 Å². The van der Waals surface area contributed by atoms with Crippen LogP contribution in [0.1, 0.15) is 27.6 Å². The molecule has 0 aliphatic carbocycles. The largest absolute Gasteiger partial charge is 0.366 e. The highest BCUT2D eigenvalue weighted by Gasteiger charge is 2.16. The molecule has 0 radical (unpaired) electrons. The summed E-state index contributed by atoms with van der Waals surface area (Å²) in [6.07, 6.45) is 3.03. The van der Waals surface area contributed by atoms with Crippen molar-refractivity contribution >= 4 is 34.1 Å². The zero-order valence-corrected chi connectivity index (χ0v) is 16.9. The first kappa shape index (κ1) is 20.0. The lowest BCUT2D eigenvalue weighted by atomic mass is 10.0. The fraction of sp³-hybridized carbons (Fsp3) is 0.0833. The number of nitrogens with two attached hydrogens (primary N) is 1. The Morgan fingerprint density at radius 1 is 0.968 bits per heavy atom. The second-order valence-corrected chi connectivity index (χ2v) is 6.93. The molecule has 0 spiro atoms. The first-order valence-corrected chi connectivity index (χ1v) is 9.86. The maximum Gasteiger partial charge on any atom is 0.254 e. The Labute approximate surface area is 179 Å². The summed E-state index contributed by atoms with van der Waals surface area (Å²) in [4.78, 5) is 32.9. The van der Waals surface area contributed by atoms with Crippen molar-refractivity contribution < 1.29 is 9.59 Å². The van der Waals surface area contributed by atoms with E-state index >= 15 is 0 Å². The Morgan fingerprint density at radius 3 is 2.45 bits per heavy atom. The Kier molecular flexibility index (Phi) is 5.57. The molecule has 4 rings (SSSR count). The van der Waals surface area contributed by atoms with E-state index in [1.165, 1.54) is 6.20 Å². The Hall–Kier alpha value is -4.26. The number of carbonyl (C=O) groups excluding carboxylic acids is 2. The molecule has 2 aromatic carbocycles. The van der Waals surface area contributed by atoms with E-state index in [2.05, 4.69) is 20.6 Å². The van der Waals surface area contributed by atoms with Gasteiger partial charge in [0.25, 0.3) is 5.91 Å². The number of fused-ring (bicyclic) bond motifs is 1. The van der Waals surface area contributed by atoms with Crippen LogP contribution in [0.4, 0.5) is 11.4 Å². The van der Waals surface area contributed by atoms with Crippen molar-refractivity contribution in [1.82, 2.24) is 15.3 Å². The third-order valence-corrected chi connectivity index (χ3v) is 4.84. The predicted molar refractivity (Wildman–Crippen MR) is 121 cm³/mol. The van der Waals surface area contributed by atoms with Crippen LogP contribution < -0.4 is 16.4 Å². The molecule has 0 saturated heterocycles. The summed E-state index contributed by atoms with van der Waals surface area (Å²) in [6.45, 7) is 2.38. The Balaban J connectivity index is 1.86. The monoisotopic (exact) mass is 411 g/mol. The van der Waals surface area contributed by atoms with Crippen LogP contribution >= 0.6 is 0 Å². The van der Waals surface area contributed by atoms with Crippen molar-refractivity contribution in [3.63, 3.8) is 0 Å². The van der Waals surface area contributed by atoms with Crippen LogP contribution in [0.2, 0.25) is 0 Å². The number of hydrogen-bond acceptors (Lipinski definition) is 5. The summed E-state index contributed by atoms with van der Waals surface area (Å²) in [5, 5.41) is 7.00. The molecule has 31 heavy (non-hydrogen) atoms. The van der Waals surface area contributed by atoms with Gasteiger partial charge in [0.2, 0.25) is 5.91 Å². The number of benzene rings is 2. The van der Waals surface area contributed by atoms with Crippen LogP contribution in [-0.2, 0) is 0 Å². The number of hydrogen-bond donors (Lipinski definition) is 3. The molecule has 2 aromatic heterocycles. The SMILES string of the molecule is CCNC(=O)c1cnc2ccc(-c3ccc(C(N)=O)cn3)cc2c1Nc1ccccc1. The summed E-state index contributed by atoms with van der Waals surface area (Å²) in [6, 6.07) is 18.7. The lowest BCUT2D eigenvalue weighted by Gasteiger charge is -2.15. The molecular weight excluding hydrogens is 390 g/mol. The molecule has 0 unspecified atom stereocenters. The van der Waals surface area contributed by atoms with Gasteiger partial charge in [-0.3, -0.25) is 19.6 Å². The highest BCUT2D eigenvalue weighted by atomic mass is 16.2. The number of aromatic nitrogens is 2. The standard InChI is InChI=1S/C24H21N5O2/c1-2-26-24(31)19-14-28-21-11-8-15(20-10-9-16(13-27-20)23(25)30)12-18(21)22(19)29-17-6-4-3-5-7-17/h3-14H,2H2,1H3,(H2,25,30)(H,26,31)(H,28,29). The van der Waals surface area contributed by atoms with Gasteiger partial charge < -0.3 is 16.4 Å². The number of carbonyl (C=O) groups is 2. The van der Waals surface area contributed by atoms with E-state index in [1.807, 2.05) is 55.5 Å². The number of nitrogens with one attached hydrogen (secondary N) is 2. The van der Waals surface area contributed by atoms with Crippen molar-refractivity contribution in [2.75, 3.05) is 11.9 Å². The number of rotatable bonds is 6. The molecule has 0 saturated carbocycles. The van der Waals surface area contributed by atoms with Crippen LogP contribution in [0.15, 0.2) is 73.1 Å². The molecule has 2 heterocycles. The molecule has 0 aliphatic rings. The van der Waals surface area contributed by atoms with E-state index in [9.17, 15) is 9.59 Å². The smallest absolute Gasteiger partial charge is 0.254 e. The van der Waals surface area contributed by atoms with Crippen LogP contribution in [-0.4, -0.2) is 28.3 Å². The minimum Gasteiger partial charge on any atom is -0.366 e. The third-order valence-electron chi connectivity index (χ3n) is 4.84. The lowest BCUT2D eigenvalue weighted by molar-refractivity contribution is 0.0955. The molecule has 0 atom stereocenters. The molecule has 0 aliphatic heterocycles. The third kappa shape index (κ3) is 4.20. The van der Waals surface area contributed by atoms with Gasteiger partial charge in [-0.1, -0.05) is 24.3 Å². The van der Waals surface area contributed by atoms with E-state index in [1.54, 1.807) is 18.3 Å². The second kappa shape index (κ2) is 8.62. The minimum absolute atomic E-state index is 0.204. The fourth-order valence-electron chi connectivity index (χ4n) is 3.29. The second-order valence-electron chi connectivity index (χ2n) is 6.93. The van der Waals surface area contributed by atoms with Crippen LogP contribution in [0.5, 0.6) is 0 Å². The number of anilines is 2. The van der Waals surface area contributed by atoms with Crippen LogP contribution in [0.25, 0.3) is 22.2 Å². The van der Waals surface area contributed by atoms with E-state index in [0.717, 1.165) is 22.2 Å². The van der Waals surface area contributed by atoms with E-state index in [4.69, 9.17) is 5.73 Å². The maximum atomic E-state index is 12.7. The van der Waals surface area contributed by atoms with Crippen LogP contribution in [0, 0.1) is 0 Å². The van der Waals surface area contributed by atoms with Gasteiger partial charge in [0.1, 0.15) is 0 Å². The Morgan fingerprint density at radius 2 is 1.77 bits per heavy atom. The van der Waals surface area contributed by atoms with Gasteiger partial charge in [-0.05, 0) is 43.3 Å². The molecule has 4 N–H and O–H groups in total. The first-order valence-electron chi connectivity index (χ1n) is 9.86. The average molecular weight is 411 g/mol. The molecule has 2 amide bonds. The highest BCUT2D eigenvalue weighted by Crippen LogP contribution is 2.32. The van der Waals surface area contributed by atoms with Crippen LogP contribution in [0.3, 0.4) is 0 Å².